The summed E-state index contributed by atoms with van der Waals surface area (Å²) in [6, 6.07) is 0. The van der Waals surface area contributed by atoms with Crippen molar-refractivity contribution in [3.63, 3.8) is 0 Å². The van der Waals surface area contributed by atoms with Crippen molar-refractivity contribution in [2.75, 3.05) is 13.7 Å². The SMILES string of the molecule is C=C(CCCCCC)COC. The fourth-order valence-electron chi connectivity index (χ4n) is 1.08. The summed E-state index contributed by atoms with van der Waals surface area (Å²) >= 11 is 0. The highest BCUT2D eigenvalue weighted by Crippen LogP contribution is 2.08. The molecule has 0 aliphatic carbocycles. The van der Waals surface area contributed by atoms with Gasteiger partial charge in [-0.2, -0.15) is 0 Å². The molecular weight excluding hydrogens is 136 g/mol. The third-order valence-electron chi connectivity index (χ3n) is 1.73. The van der Waals surface area contributed by atoms with Gasteiger partial charge in [-0.25, -0.2) is 0 Å². The molecule has 0 N–H and O–H groups in total. The van der Waals surface area contributed by atoms with Crippen LogP contribution in [0.15, 0.2) is 12.2 Å². The number of rotatable bonds is 7. The zero-order chi connectivity index (χ0) is 8.53. The molecule has 0 saturated heterocycles. The van der Waals surface area contributed by atoms with Gasteiger partial charge in [0.1, 0.15) is 0 Å². The fraction of sp³-hybridized carbons (Fsp3) is 0.800. The first-order chi connectivity index (χ1) is 5.31. The van der Waals surface area contributed by atoms with E-state index in [9.17, 15) is 0 Å². The molecule has 0 bridgehead atoms. The molecule has 0 unspecified atom stereocenters. The maximum atomic E-state index is 4.96. The molecule has 11 heavy (non-hydrogen) atoms. The molecular formula is C10H20O. The highest BCUT2D eigenvalue weighted by Gasteiger charge is 1.92. The molecule has 0 aliphatic rings. The minimum atomic E-state index is 0.728. The lowest BCUT2D eigenvalue weighted by atomic mass is 10.1. The van der Waals surface area contributed by atoms with E-state index in [1.807, 2.05) is 0 Å². The molecule has 0 aromatic rings. The van der Waals surface area contributed by atoms with Crippen LogP contribution < -0.4 is 0 Å². The summed E-state index contributed by atoms with van der Waals surface area (Å²) in [6.45, 7) is 6.87. The molecule has 0 spiro atoms. The first kappa shape index (κ1) is 10.7. The van der Waals surface area contributed by atoms with E-state index in [-0.39, 0.29) is 0 Å². The first-order valence-corrected chi connectivity index (χ1v) is 4.46. The monoisotopic (exact) mass is 156 g/mol. The van der Waals surface area contributed by atoms with Gasteiger partial charge in [-0.1, -0.05) is 38.3 Å². The third-order valence-corrected chi connectivity index (χ3v) is 1.73. The van der Waals surface area contributed by atoms with E-state index in [0.717, 1.165) is 13.0 Å². The second kappa shape index (κ2) is 7.80. The summed E-state index contributed by atoms with van der Waals surface area (Å²) in [5.41, 5.74) is 1.23. The van der Waals surface area contributed by atoms with E-state index in [2.05, 4.69) is 13.5 Å². The minimum absolute atomic E-state index is 0.728. The van der Waals surface area contributed by atoms with Gasteiger partial charge in [0, 0.05) is 7.11 Å². The summed E-state index contributed by atoms with van der Waals surface area (Å²) in [6.07, 6.45) is 6.39. The van der Waals surface area contributed by atoms with Crippen molar-refractivity contribution in [2.24, 2.45) is 0 Å². The Bertz CT molecular complexity index is 97.0. The average molecular weight is 156 g/mol. The smallest absolute Gasteiger partial charge is 0.0670 e. The Labute approximate surface area is 70.4 Å². The van der Waals surface area contributed by atoms with Gasteiger partial charge in [0.25, 0.3) is 0 Å². The predicted molar refractivity (Wildman–Crippen MR) is 49.8 cm³/mol. The molecule has 0 aromatic heterocycles. The number of hydrogen-bond acceptors (Lipinski definition) is 1. The Balaban J connectivity index is 3.04. The van der Waals surface area contributed by atoms with Gasteiger partial charge >= 0.3 is 0 Å². The fourth-order valence-corrected chi connectivity index (χ4v) is 1.08. The Kier molecular flexibility index (Phi) is 7.59. The molecule has 0 aliphatic heterocycles. The molecule has 0 heterocycles. The van der Waals surface area contributed by atoms with Gasteiger partial charge in [0.2, 0.25) is 0 Å². The van der Waals surface area contributed by atoms with Gasteiger partial charge in [0.05, 0.1) is 6.61 Å². The summed E-state index contributed by atoms with van der Waals surface area (Å²) in [4.78, 5) is 0. The molecule has 66 valence electrons. The topological polar surface area (TPSA) is 9.23 Å². The van der Waals surface area contributed by atoms with Gasteiger partial charge in [0.15, 0.2) is 0 Å². The summed E-state index contributed by atoms with van der Waals surface area (Å²) in [5, 5.41) is 0. The lowest BCUT2D eigenvalue weighted by Gasteiger charge is -2.02. The largest absolute Gasteiger partial charge is 0.380 e. The first-order valence-electron chi connectivity index (χ1n) is 4.46. The van der Waals surface area contributed by atoms with Crippen LogP contribution in [-0.2, 0) is 4.74 Å². The van der Waals surface area contributed by atoms with Crippen molar-refractivity contribution in [2.45, 2.75) is 39.0 Å². The lowest BCUT2D eigenvalue weighted by Crippen LogP contribution is -1.92. The van der Waals surface area contributed by atoms with Crippen LogP contribution in [-0.4, -0.2) is 13.7 Å². The van der Waals surface area contributed by atoms with Gasteiger partial charge in [-0.3, -0.25) is 0 Å². The molecule has 1 heteroatoms. The van der Waals surface area contributed by atoms with Crippen LogP contribution in [0.25, 0.3) is 0 Å². The van der Waals surface area contributed by atoms with Gasteiger partial charge < -0.3 is 4.74 Å². The van der Waals surface area contributed by atoms with Crippen molar-refractivity contribution >= 4 is 0 Å². The molecule has 0 rings (SSSR count). The van der Waals surface area contributed by atoms with Crippen LogP contribution in [0.3, 0.4) is 0 Å². The zero-order valence-electron chi connectivity index (χ0n) is 7.86. The molecule has 0 saturated carbocycles. The summed E-state index contributed by atoms with van der Waals surface area (Å²) < 4.78 is 4.96. The van der Waals surface area contributed by atoms with Crippen LogP contribution in [0, 0.1) is 0 Å². The Morgan fingerprint density at radius 2 is 2.00 bits per heavy atom. The lowest BCUT2D eigenvalue weighted by molar-refractivity contribution is 0.223. The second-order valence-electron chi connectivity index (χ2n) is 2.99. The Hall–Kier alpha value is -0.300. The van der Waals surface area contributed by atoms with Gasteiger partial charge in [-0.15, -0.1) is 0 Å². The van der Waals surface area contributed by atoms with E-state index in [1.54, 1.807) is 7.11 Å². The van der Waals surface area contributed by atoms with E-state index >= 15 is 0 Å². The maximum absolute atomic E-state index is 4.96. The van der Waals surface area contributed by atoms with E-state index in [0.29, 0.717) is 0 Å². The zero-order valence-corrected chi connectivity index (χ0v) is 7.86. The van der Waals surface area contributed by atoms with E-state index in [1.165, 1.54) is 31.3 Å². The number of ether oxygens (including phenoxy) is 1. The number of unbranched alkanes of at least 4 members (excludes halogenated alkanes) is 3. The minimum Gasteiger partial charge on any atom is -0.380 e. The normalized spacial score (nSPS) is 10.0. The van der Waals surface area contributed by atoms with Crippen molar-refractivity contribution in [3.8, 4) is 0 Å². The van der Waals surface area contributed by atoms with Crippen LogP contribution in [0.2, 0.25) is 0 Å². The quantitative estimate of drug-likeness (QED) is 0.406. The second-order valence-corrected chi connectivity index (χ2v) is 2.99. The van der Waals surface area contributed by atoms with Gasteiger partial charge in [-0.05, 0) is 12.8 Å². The van der Waals surface area contributed by atoms with Crippen LogP contribution in [0.1, 0.15) is 39.0 Å². The van der Waals surface area contributed by atoms with Crippen molar-refractivity contribution in [3.05, 3.63) is 12.2 Å². The maximum Gasteiger partial charge on any atom is 0.0670 e. The Morgan fingerprint density at radius 3 is 2.55 bits per heavy atom. The number of hydrogen-bond donors (Lipinski definition) is 0. The van der Waals surface area contributed by atoms with Crippen LogP contribution in [0.4, 0.5) is 0 Å². The molecule has 1 nitrogen and oxygen atoms in total. The van der Waals surface area contributed by atoms with Crippen molar-refractivity contribution < 1.29 is 4.74 Å². The van der Waals surface area contributed by atoms with Crippen molar-refractivity contribution in [1.82, 2.24) is 0 Å². The molecule has 0 amide bonds. The summed E-state index contributed by atoms with van der Waals surface area (Å²) in [5.74, 6) is 0. The highest BCUT2D eigenvalue weighted by atomic mass is 16.5. The standard InChI is InChI=1S/C10H20O/c1-4-5-6-7-8-10(2)9-11-3/h2,4-9H2,1,3H3. The summed E-state index contributed by atoms with van der Waals surface area (Å²) in [7, 11) is 1.72. The predicted octanol–water partition coefficient (Wildman–Crippen LogP) is 3.16. The third kappa shape index (κ3) is 7.60. The van der Waals surface area contributed by atoms with E-state index < -0.39 is 0 Å². The van der Waals surface area contributed by atoms with E-state index in [4.69, 9.17) is 4.74 Å². The van der Waals surface area contributed by atoms with Crippen LogP contribution >= 0.6 is 0 Å². The molecule has 0 fully saturated rings. The molecule has 0 aromatic carbocycles. The highest BCUT2D eigenvalue weighted by molar-refractivity contribution is 4.93. The van der Waals surface area contributed by atoms with Crippen molar-refractivity contribution in [1.29, 1.82) is 0 Å². The number of methoxy groups -OCH3 is 1. The average Bonchev–Trinajstić information content (AvgIpc) is 1.99. The molecule has 0 radical (unpaired) electrons. The van der Waals surface area contributed by atoms with Crippen LogP contribution in [0.5, 0.6) is 0 Å². The Morgan fingerprint density at radius 1 is 1.27 bits per heavy atom. The molecule has 0 atom stereocenters.